The molecule has 0 radical (unpaired) electrons. The van der Waals surface area contributed by atoms with E-state index in [0.717, 1.165) is 17.9 Å². The Balaban J connectivity index is 2.31. The Morgan fingerprint density at radius 2 is 2.06 bits per heavy atom. The van der Waals surface area contributed by atoms with Crippen molar-refractivity contribution in [2.45, 2.75) is 6.54 Å². The Labute approximate surface area is 106 Å². The molecule has 2 rings (SSSR count). The number of nitrogens with zero attached hydrogens (tertiary/aromatic N) is 2. The van der Waals surface area contributed by atoms with E-state index in [0.29, 0.717) is 5.69 Å². The van der Waals surface area contributed by atoms with E-state index in [4.69, 9.17) is 0 Å². The average molecular weight is 245 g/mol. The Kier molecular flexibility index (Phi) is 3.89. The highest BCUT2D eigenvalue weighted by molar-refractivity contribution is 5.60. The molecule has 1 N–H and O–H groups in total. The highest BCUT2D eigenvalue weighted by atomic mass is 19.1. The zero-order chi connectivity index (χ0) is 13.0. The van der Waals surface area contributed by atoms with Crippen molar-refractivity contribution in [3.05, 3.63) is 54.0 Å². The van der Waals surface area contributed by atoms with Gasteiger partial charge in [-0.1, -0.05) is 12.1 Å². The van der Waals surface area contributed by atoms with E-state index >= 15 is 0 Å². The lowest BCUT2D eigenvalue weighted by molar-refractivity contribution is 0.627. The smallest absolute Gasteiger partial charge is 0.146 e. The molecule has 1 aromatic heterocycles. The number of pyridine rings is 1. The topological polar surface area (TPSA) is 28.2 Å². The van der Waals surface area contributed by atoms with Crippen molar-refractivity contribution in [3.63, 3.8) is 0 Å². The molecule has 0 saturated heterocycles. The number of aromatic nitrogens is 1. The number of hydrogen-bond acceptors (Lipinski definition) is 3. The zero-order valence-corrected chi connectivity index (χ0v) is 10.5. The highest BCUT2D eigenvalue weighted by Gasteiger charge is 2.09. The molecule has 4 heteroatoms. The summed E-state index contributed by atoms with van der Waals surface area (Å²) in [7, 11) is 3.70. The second kappa shape index (κ2) is 5.60. The van der Waals surface area contributed by atoms with Crippen molar-refractivity contribution in [1.29, 1.82) is 0 Å². The maximum absolute atomic E-state index is 13.7. The Morgan fingerprint density at radius 3 is 2.78 bits per heavy atom. The lowest BCUT2D eigenvalue weighted by Crippen LogP contribution is -2.14. The van der Waals surface area contributed by atoms with Gasteiger partial charge < -0.3 is 10.2 Å². The Morgan fingerprint density at radius 1 is 1.28 bits per heavy atom. The number of halogens is 1. The summed E-state index contributed by atoms with van der Waals surface area (Å²) < 4.78 is 13.7. The van der Waals surface area contributed by atoms with Gasteiger partial charge in [0.25, 0.3) is 0 Å². The summed E-state index contributed by atoms with van der Waals surface area (Å²) >= 11 is 0. The second-order valence-electron chi connectivity index (χ2n) is 4.06. The van der Waals surface area contributed by atoms with Crippen LogP contribution in [0.1, 0.15) is 5.56 Å². The zero-order valence-electron chi connectivity index (χ0n) is 10.5. The molecule has 0 amide bonds. The van der Waals surface area contributed by atoms with E-state index in [2.05, 4.69) is 10.3 Å². The summed E-state index contributed by atoms with van der Waals surface area (Å²) in [6.45, 7) is 0.765. The van der Waals surface area contributed by atoms with Crippen LogP contribution in [-0.2, 0) is 6.54 Å². The molecule has 94 valence electrons. The number of rotatable bonds is 4. The van der Waals surface area contributed by atoms with Crippen LogP contribution in [-0.4, -0.2) is 19.1 Å². The third kappa shape index (κ3) is 2.65. The molecule has 18 heavy (non-hydrogen) atoms. The molecule has 3 nitrogen and oxygen atoms in total. The van der Waals surface area contributed by atoms with Crippen LogP contribution in [0.3, 0.4) is 0 Å². The van der Waals surface area contributed by atoms with Gasteiger partial charge in [0.2, 0.25) is 0 Å². The summed E-state index contributed by atoms with van der Waals surface area (Å²) in [5, 5.41) is 3.08. The first kappa shape index (κ1) is 12.5. The van der Waals surface area contributed by atoms with Gasteiger partial charge in [-0.3, -0.25) is 0 Å². The van der Waals surface area contributed by atoms with Crippen LogP contribution in [0, 0.1) is 5.82 Å². The molecule has 1 heterocycles. The van der Waals surface area contributed by atoms with Crippen molar-refractivity contribution in [3.8, 4) is 0 Å². The van der Waals surface area contributed by atoms with Crippen molar-refractivity contribution in [2.75, 3.05) is 19.0 Å². The third-order valence-electron chi connectivity index (χ3n) is 2.75. The Bertz CT molecular complexity index is 528. The maximum Gasteiger partial charge on any atom is 0.146 e. The fraction of sp³-hybridized carbons (Fsp3) is 0.214. The minimum absolute atomic E-state index is 0.249. The summed E-state index contributed by atoms with van der Waals surface area (Å²) in [5.74, 6) is 0.480. The quantitative estimate of drug-likeness (QED) is 0.897. The van der Waals surface area contributed by atoms with Gasteiger partial charge in [-0.2, -0.15) is 0 Å². The van der Waals surface area contributed by atoms with E-state index in [1.807, 2.05) is 32.3 Å². The molecule has 0 fully saturated rings. The van der Waals surface area contributed by atoms with Gasteiger partial charge in [-0.25, -0.2) is 9.37 Å². The molecule has 0 spiro atoms. The van der Waals surface area contributed by atoms with Crippen molar-refractivity contribution in [1.82, 2.24) is 10.3 Å². The van der Waals surface area contributed by atoms with Gasteiger partial charge in [0.15, 0.2) is 0 Å². The molecular formula is C14H16FN3. The van der Waals surface area contributed by atoms with E-state index in [1.54, 1.807) is 23.2 Å². The molecule has 2 aromatic rings. The third-order valence-corrected chi connectivity index (χ3v) is 2.75. The molecule has 0 saturated carbocycles. The van der Waals surface area contributed by atoms with Gasteiger partial charge in [0.1, 0.15) is 11.6 Å². The van der Waals surface area contributed by atoms with Gasteiger partial charge in [0.05, 0.1) is 5.69 Å². The molecule has 0 atom stereocenters. The molecule has 0 unspecified atom stereocenters. The number of benzene rings is 1. The number of hydrogen-bond donors (Lipinski definition) is 1. The number of nitrogens with one attached hydrogen (secondary N) is 1. The van der Waals surface area contributed by atoms with Crippen molar-refractivity contribution >= 4 is 11.5 Å². The molecule has 0 aliphatic rings. The van der Waals surface area contributed by atoms with Crippen LogP contribution in [0.2, 0.25) is 0 Å². The molecule has 0 bridgehead atoms. The first-order chi connectivity index (χ1) is 8.72. The molecule has 1 aromatic carbocycles. The van der Waals surface area contributed by atoms with Crippen LogP contribution < -0.4 is 10.2 Å². The predicted octanol–water partition coefficient (Wildman–Crippen LogP) is 2.71. The van der Waals surface area contributed by atoms with Crippen LogP contribution >= 0.6 is 0 Å². The van der Waals surface area contributed by atoms with Crippen LogP contribution in [0.15, 0.2) is 42.6 Å². The minimum atomic E-state index is -0.249. The number of anilines is 2. The van der Waals surface area contributed by atoms with E-state index in [-0.39, 0.29) is 5.82 Å². The lowest BCUT2D eigenvalue weighted by Gasteiger charge is -2.19. The van der Waals surface area contributed by atoms with E-state index in [9.17, 15) is 4.39 Å². The van der Waals surface area contributed by atoms with Crippen molar-refractivity contribution in [2.24, 2.45) is 0 Å². The summed E-state index contributed by atoms with van der Waals surface area (Å²) in [6.07, 6.45) is 1.74. The largest absolute Gasteiger partial charge is 0.327 e. The maximum atomic E-state index is 13.7. The minimum Gasteiger partial charge on any atom is -0.327 e. The standard InChI is InChI=1S/C14H16FN3/c1-16-10-11-7-8-17-14(9-11)18(2)13-6-4-3-5-12(13)15/h3-9,16H,10H2,1-2H3. The van der Waals surface area contributed by atoms with Crippen LogP contribution in [0.4, 0.5) is 15.9 Å². The van der Waals surface area contributed by atoms with Gasteiger partial charge in [0, 0.05) is 19.8 Å². The lowest BCUT2D eigenvalue weighted by atomic mass is 10.2. The molecule has 0 aliphatic carbocycles. The highest BCUT2D eigenvalue weighted by Crippen LogP contribution is 2.24. The predicted molar refractivity (Wildman–Crippen MR) is 71.5 cm³/mol. The van der Waals surface area contributed by atoms with E-state index < -0.39 is 0 Å². The summed E-state index contributed by atoms with van der Waals surface area (Å²) in [4.78, 5) is 6.02. The fourth-order valence-corrected chi connectivity index (χ4v) is 1.81. The van der Waals surface area contributed by atoms with Crippen molar-refractivity contribution < 1.29 is 4.39 Å². The summed E-state index contributed by atoms with van der Waals surface area (Å²) in [6, 6.07) is 10.6. The molecule has 0 aliphatic heterocycles. The van der Waals surface area contributed by atoms with Crippen LogP contribution in [0.5, 0.6) is 0 Å². The normalized spacial score (nSPS) is 10.4. The van der Waals surface area contributed by atoms with Gasteiger partial charge >= 0.3 is 0 Å². The van der Waals surface area contributed by atoms with Gasteiger partial charge in [-0.15, -0.1) is 0 Å². The monoisotopic (exact) mass is 245 g/mol. The van der Waals surface area contributed by atoms with E-state index in [1.165, 1.54) is 6.07 Å². The first-order valence-electron chi connectivity index (χ1n) is 5.80. The second-order valence-corrected chi connectivity index (χ2v) is 4.06. The Hall–Kier alpha value is -1.94. The summed E-state index contributed by atoms with van der Waals surface area (Å²) in [5.41, 5.74) is 1.64. The SMILES string of the molecule is CNCc1ccnc(N(C)c2ccccc2F)c1. The number of para-hydroxylation sites is 1. The van der Waals surface area contributed by atoms with Gasteiger partial charge in [-0.05, 0) is 36.9 Å². The fourth-order valence-electron chi connectivity index (χ4n) is 1.81. The average Bonchev–Trinajstić information content (AvgIpc) is 2.39. The van der Waals surface area contributed by atoms with Crippen LogP contribution in [0.25, 0.3) is 0 Å². The first-order valence-corrected chi connectivity index (χ1v) is 5.80. The molecular weight excluding hydrogens is 229 g/mol.